The maximum atomic E-state index is 12.7. The lowest BCUT2D eigenvalue weighted by atomic mass is 9.77. The molecular formula is C18H26BNO5. The van der Waals surface area contributed by atoms with Crippen LogP contribution in [0.2, 0.25) is 0 Å². The highest BCUT2D eigenvalue weighted by Crippen LogP contribution is 2.36. The summed E-state index contributed by atoms with van der Waals surface area (Å²) in [7, 11) is -0.511. The molecule has 1 aromatic rings. The van der Waals surface area contributed by atoms with Crippen molar-refractivity contribution in [2.75, 3.05) is 26.3 Å². The van der Waals surface area contributed by atoms with Gasteiger partial charge in [0.1, 0.15) is 0 Å². The van der Waals surface area contributed by atoms with E-state index in [1.165, 1.54) is 0 Å². The van der Waals surface area contributed by atoms with E-state index in [0.717, 1.165) is 5.46 Å². The van der Waals surface area contributed by atoms with Gasteiger partial charge >= 0.3 is 7.12 Å². The molecule has 0 radical (unpaired) electrons. The van der Waals surface area contributed by atoms with Crippen LogP contribution in [0.4, 0.5) is 0 Å². The largest absolute Gasteiger partial charge is 0.494 e. The summed E-state index contributed by atoms with van der Waals surface area (Å²) in [5.41, 5.74) is 1.05. The van der Waals surface area contributed by atoms with Crippen molar-refractivity contribution in [3.05, 3.63) is 29.3 Å². The van der Waals surface area contributed by atoms with E-state index in [9.17, 15) is 9.90 Å². The van der Waals surface area contributed by atoms with E-state index in [1.54, 1.807) is 17.0 Å². The second-order valence-electron chi connectivity index (χ2n) is 7.57. The van der Waals surface area contributed by atoms with Crippen LogP contribution in [0.3, 0.4) is 0 Å². The van der Waals surface area contributed by atoms with E-state index in [4.69, 9.17) is 14.0 Å². The molecule has 0 saturated carbocycles. The normalized spacial score (nSPS) is 22.3. The molecule has 0 aliphatic carbocycles. The van der Waals surface area contributed by atoms with Crippen LogP contribution >= 0.6 is 0 Å². The molecule has 7 heteroatoms. The van der Waals surface area contributed by atoms with Crippen molar-refractivity contribution in [2.24, 2.45) is 0 Å². The number of aliphatic hydroxyl groups is 1. The summed E-state index contributed by atoms with van der Waals surface area (Å²) in [6.07, 6.45) is 0. The number of carbonyl (C=O) groups excluding carboxylic acids is 1. The summed E-state index contributed by atoms with van der Waals surface area (Å²) in [4.78, 5) is 14.5. The Labute approximate surface area is 149 Å². The minimum Gasteiger partial charge on any atom is -0.399 e. The molecule has 136 valence electrons. The molecule has 2 fully saturated rings. The number of rotatable bonds is 3. The van der Waals surface area contributed by atoms with Crippen molar-refractivity contribution < 1.29 is 23.9 Å². The maximum Gasteiger partial charge on any atom is 0.494 e. The molecule has 0 bridgehead atoms. The van der Waals surface area contributed by atoms with Gasteiger partial charge in [0.15, 0.2) is 0 Å². The van der Waals surface area contributed by atoms with Crippen LogP contribution in [-0.2, 0) is 20.7 Å². The van der Waals surface area contributed by atoms with Crippen molar-refractivity contribution >= 4 is 18.5 Å². The first kappa shape index (κ1) is 18.4. The second kappa shape index (κ2) is 6.72. The van der Waals surface area contributed by atoms with Gasteiger partial charge in [0.05, 0.1) is 31.0 Å². The zero-order chi connectivity index (χ0) is 18.2. The predicted octanol–water partition coefficient (Wildman–Crippen LogP) is 0.950. The molecule has 2 aliphatic heterocycles. The number of hydrogen-bond acceptors (Lipinski definition) is 5. The van der Waals surface area contributed by atoms with Crippen LogP contribution in [-0.4, -0.2) is 60.5 Å². The Hall–Kier alpha value is -1.41. The Morgan fingerprint density at radius 2 is 1.76 bits per heavy atom. The standard InChI is InChI=1S/C18H26BNO5/c1-17(2)18(3,4)25-19(24-17)14-5-6-15(13(11-14)12-21)16(22)20-7-9-23-10-8-20/h5-6,11,21H,7-10,12H2,1-4H3. The average Bonchev–Trinajstić information content (AvgIpc) is 2.82. The molecular weight excluding hydrogens is 321 g/mol. The molecule has 1 aromatic carbocycles. The number of nitrogens with zero attached hydrogens (tertiary/aromatic N) is 1. The molecule has 25 heavy (non-hydrogen) atoms. The molecule has 6 nitrogen and oxygen atoms in total. The van der Waals surface area contributed by atoms with Crippen LogP contribution in [0, 0.1) is 0 Å². The number of hydrogen-bond donors (Lipinski definition) is 1. The Morgan fingerprint density at radius 1 is 1.16 bits per heavy atom. The SMILES string of the molecule is CC1(C)OB(c2ccc(C(=O)N3CCOCC3)c(CO)c2)OC1(C)C. The van der Waals surface area contributed by atoms with Crippen LogP contribution in [0.1, 0.15) is 43.6 Å². The molecule has 1 N–H and O–H groups in total. The topological polar surface area (TPSA) is 68.2 Å². The molecule has 0 spiro atoms. The van der Waals surface area contributed by atoms with Crippen molar-refractivity contribution in [3.63, 3.8) is 0 Å². The zero-order valence-electron chi connectivity index (χ0n) is 15.4. The Balaban J connectivity index is 1.84. The lowest BCUT2D eigenvalue weighted by Gasteiger charge is -2.32. The van der Waals surface area contributed by atoms with Gasteiger partial charge in [-0.2, -0.15) is 0 Å². The van der Waals surface area contributed by atoms with Crippen LogP contribution < -0.4 is 5.46 Å². The Morgan fingerprint density at radius 3 is 2.32 bits per heavy atom. The van der Waals surface area contributed by atoms with E-state index in [1.807, 2.05) is 33.8 Å². The zero-order valence-corrected chi connectivity index (χ0v) is 15.4. The Kier molecular flexibility index (Phi) is 4.94. The maximum absolute atomic E-state index is 12.7. The van der Waals surface area contributed by atoms with Gasteiger partial charge in [0, 0.05) is 18.7 Å². The van der Waals surface area contributed by atoms with Crippen molar-refractivity contribution in [2.45, 2.75) is 45.5 Å². The summed E-state index contributed by atoms with van der Waals surface area (Å²) >= 11 is 0. The van der Waals surface area contributed by atoms with E-state index < -0.39 is 18.3 Å². The van der Waals surface area contributed by atoms with Gasteiger partial charge in [-0.25, -0.2) is 0 Å². The highest BCUT2D eigenvalue weighted by atomic mass is 16.7. The van der Waals surface area contributed by atoms with E-state index >= 15 is 0 Å². The van der Waals surface area contributed by atoms with E-state index in [2.05, 4.69) is 0 Å². The van der Waals surface area contributed by atoms with Crippen LogP contribution in [0.15, 0.2) is 18.2 Å². The van der Waals surface area contributed by atoms with Crippen molar-refractivity contribution in [1.82, 2.24) is 4.90 Å². The average molecular weight is 347 g/mol. The monoisotopic (exact) mass is 347 g/mol. The fraction of sp³-hybridized carbons (Fsp3) is 0.611. The van der Waals surface area contributed by atoms with E-state index in [0.29, 0.717) is 37.4 Å². The first-order chi connectivity index (χ1) is 11.7. The van der Waals surface area contributed by atoms with Crippen molar-refractivity contribution in [3.8, 4) is 0 Å². The molecule has 0 aromatic heterocycles. The fourth-order valence-electron chi connectivity index (χ4n) is 3.02. The molecule has 0 atom stereocenters. The first-order valence-corrected chi connectivity index (χ1v) is 8.71. The summed E-state index contributed by atoms with van der Waals surface area (Å²) in [5.74, 6) is -0.0761. The van der Waals surface area contributed by atoms with E-state index in [-0.39, 0.29) is 12.5 Å². The molecule has 2 aliphatic rings. The Bertz CT molecular complexity index is 639. The molecule has 1 amide bonds. The van der Waals surface area contributed by atoms with Gasteiger partial charge in [-0.15, -0.1) is 0 Å². The summed E-state index contributed by atoms with van der Waals surface area (Å²) < 4.78 is 17.4. The highest BCUT2D eigenvalue weighted by molar-refractivity contribution is 6.62. The minimum absolute atomic E-state index is 0.0761. The number of amides is 1. The molecule has 2 saturated heterocycles. The lowest BCUT2D eigenvalue weighted by Crippen LogP contribution is -2.41. The lowest BCUT2D eigenvalue weighted by molar-refractivity contribution is 0.00578. The summed E-state index contributed by atoms with van der Waals surface area (Å²) in [6.45, 7) is 10.0. The highest BCUT2D eigenvalue weighted by Gasteiger charge is 2.51. The van der Waals surface area contributed by atoms with Gasteiger partial charge in [-0.05, 0) is 44.8 Å². The smallest absolute Gasteiger partial charge is 0.399 e. The number of carbonyl (C=O) groups is 1. The third-order valence-electron chi connectivity index (χ3n) is 5.35. The second-order valence-corrected chi connectivity index (χ2v) is 7.57. The first-order valence-electron chi connectivity index (χ1n) is 8.71. The summed E-state index contributed by atoms with van der Waals surface area (Å²) in [5, 5.41) is 9.76. The number of benzene rings is 1. The number of morpholine rings is 1. The van der Waals surface area contributed by atoms with Crippen molar-refractivity contribution in [1.29, 1.82) is 0 Å². The van der Waals surface area contributed by atoms with Gasteiger partial charge < -0.3 is 24.1 Å². The fourth-order valence-corrected chi connectivity index (χ4v) is 3.02. The molecule has 0 unspecified atom stereocenters. The van der Waals surface area contributed by atoms with Gasteiger partial charge in [0.2, 0.25) is 0 Å². The van der Waals surface area contributed by atoms with Crippen LogP contribution in [0.5, 0.6) is 0 Å². The minimum atomic E-state index is -0.511. The quantitative estimate of drug-likeness (QED) is 0.825. The van der Waals surface area contributed by atoms with Gasteiger partial charge in [0.25, 0.3) is 5.91 Å². The summed E-state index contributed by atoms with van der Waals surface area (Å²) in [6, 6.07) is 5.40. The third-order valence-corrected chi connectivity index (χ3v) is 5.35. The predicted molar refractivity (Wildman–Crippen MR) is 94.8 cm³/mol. The number of aliphatic hydroxyl groups excluding tert-OH is 1. The van der Waals surface area contributed by atoms with Crippen LogP contribution in [0.25, 0.3) is 0 Å². The third kappa shape index (κ3) is 3.46. The molecule has 2 heterocycles. The number of ether oxygens (including phenoxy) is 1. The molecule has 3 rings (SSSR count). The van der Waals surface area contributed by atoms with Gasteiger partial charge in [-0.1, -0.05) is 12.1 Å². The van der Waals surface area contributed by atoms with Gasteiger partial charge in [-0.3, -0.25) is 4.79 Å².